The molecule has 0 spiro atoms. The smallest absolute Gasteiger partial charge is 0.410 e. The second-order valence-corrected chi connectivity index (χ2v) is 25.4. The van der Waals surface area contributed by atoms with Gasteiger partial charge < -0.3 is 41.2 Å². The first kappa shape index (κ1) is 63.7. The Labute approximate surface area is 494 Å². The molecule has 0 radical (unpaired) electrons. The summed E-state index contributed by atoms with van der Waals surface area (Å²) in [5.41, 5.74) is 25.3. The number of thiazole rings is 3. The molecule has 16 nitrogen and oxygen atoms in total. The molecular weight excluding hydrogens is 1090 g/mol. The Balaban J connectivity index is 0.000000239. The Morgan fingerprint density at radius 1 is 0.561 bits per heavy atom. The van der Waals surface area contributed by atoms with Crippen molar-refractivity contribution in [1.29, 1.82) is 0 Å². The minimum absolute atomic E-state index is 0. The molecule has 3 amide bonds. The Hall–Kier alpha value is -7.48. The minimum atomic E-state index is -1.02. The molecule has 436 valence electrons. The van der Waals surface area contributed by atoms with E-state index in [2.05, 4.69) is 38.5 Å². The molecule has 19 heteroatoms. The summed E-state index contributed by atoms with van der Waals surface area (Å²) in [6, 6.07) is 23.9. The Kier molecular flexibility index (Phi) is 20.7. The Morgan fingerprint density at radius 3 is 1.50 bits per heavy atom. The lowest BCUT2D eigenvalue weighted by molar-refractivity contribution is 0.0215. The summed E-state index contributed by atoms with van der Waals surface area (Å²) in [6.45, 7) is 20.9. The van der Waals surface area contributed by atoms with Crippen molar-refractivity contribution in [2.24, 2.45) is 0 Å². The third-order valence-electron chi connectivity index (χ3n) is 13.9. The molecule has 0 saturated heterocycles. The second kappa shape index (κ2) is 26.6. The largest absolute Gasteiger partial charge is 0.476 e. The number of carbonyl (C=O) groups excluding carboxylic acids is 4. The SMILES string of the molecule is C.C.CC(C)(C)OC(=O)N1CCc2nc(C(=O)O)sc2C1.Cc1c(CC(=O)c2nc3c(s2)CN(C(=O)OC(C)(C)C)CC3)cccc1-c1cccc(NC(=O)c2nc3c(s2)CCCC3)c1C.Cc1c(N)cccc1-c1cccc(N)c1C. The van der Waals surface area contributed by atoms with E-state index < -0.39 is 17.2 Å². The minimum Gasteiger partial charge on any atom is -0.476 e. The molecule has 1 aliphatic carbocycles. The molecule has 0 unspecified atom stereocenters. The number of ether oxygens (including phenoxy) is 2. The highest BCUT2D eigenvalue weighted by molar-refractivity contribution is 7.14. The van der Waals surface area contributed by atoms with Crippen LogP contribution in [0.2, 0.25) is 0 Å². The van der Waals surface area contributed by atoms with Gasteiger partial charge in [0.25, 0.3) is 5.91 Å². The lowest BCUT2D eigenvalue weighted by Crippen LogP contribution is -2.39. The molecule has 0 bridgehead atoms. The summed E-state index contributed by atoms with van der Waals surface area (Å²) < 4.78 is 10.8. The van der Waals surface area contributed by atoms with Crippen molar-refractivity contribution in [3.05, 3.63) is 147 Å². The normalized spacial score (nSPS) is 13.4. The van der Waals surface area contributed by atoms with Crippen molar-refractivity contribution in [1.82, 2.24) is 24.8 Å². The van der Waals surface area contributed by atoms with Crippen LogP contribution in [-0.4, -0.2) is 84.0 Å². The van der Waals surface area contributed by atoms with Crippen molar-refractivity contribution < 1.29 is 38.6 Å². The zero-order valence-electron chi connectivity index (χ0n) is 47.1. The molecule has 4 aromatic carbocycles. The Bertz CT molecular complexity index is 3420. The first-order valence-corrected chi connectivity index (χ1v) is 29.2. The topological polar surface area (TPSA) is 233 Å². The molecule has 6 N–H and O–H groups in total. The predicted octanol–water partition coefficient (Wildman–Crippen LogP) is 14.3. The van der Waals surface area contributed by atoms with Crippen LogP contribution in [0.4, 0.5) is 26.7 Å². The van der Waals surface area contributed by atoms with Gasteiger partial charge in [0.2, 0.25) is 5.01 Å². The quantitative estimate of drug-likeness (QED) is 0.0820. The fourth-order valence-corrected chi connectivity index (χ4v) is 12.6. The number of hydrogen-bond acceptors (Lipinski definition) is 15. The van der Waals surface area contributed by atoms with E-state index in [0.717, 1.165) is 131 Å². The maximum Gasteiger partial charge on any atom is 0.410 e. The van der Waals surface area contributed by atoms with Crippen LogP contribution in [0.3, 0.4) is 0 Å². The van der Waals surface area contributed by atoms with Crippen LogP contribution < -0.4 is 16.8 Å². The number of rotatable bonds is 8. The molecule has 0 fully saturated rings. The van der Waals surface area contributed by atoms with Crippen LogP contribution >= 0.6 is 34.0 Å². The van der Waals surface area contributed by atoms with E-state index >= 15 is 0 Å². The predicted molar refractivity (Wildman–Crippen MR) is 332 cm³/mol. The number of ketones is 1. The molecular formula is C63H78N8O8S3. The van der Waals surface area contributed by atoms with Gasteiger partial charge in [0.15, 0.2) is 15.8 Å². The van der Waals surface area contributed by atoms with Crippen molar-refractivity contribution in [3.63, 3.8) is 0 Å². The Morgan fingerprint density at radius 2 is 0.988 bits per heavy atom. The maximum absolute atomic E-state index is 13.5. The van der Waals surface area contributed by atoms with E-state index in [1.165, 1.54) is 27.6 Å². The van der Waals surface area contributed by atoms with Gasteiger partial charge in [-0.05, 0) is 163 Å². The summed E-state index contributed by atoms with van der Waals surface area (Å²) in [5.74, 6) is -1.24. The van der Waals surface area contributed by atoms with Gasteiger partial charge in [-0.25, -0.2) is 29.3 Å². The maximum atomic E-state index is 13.5. The highest BCUT2D eigenvalue weighted by Gasteiger charge is 2.31. The monoisotopic (exact) mass is 1170 g/mol. The standard InChI is InChI=1S/C35H38N4O4S2.C14H16N2.C12H16N2O4S.2CH4/c1-20-22(18-28(40)32-37-27-16-17-39(19-30(27)45-32)34(42)43-35(3,4)5)10-8-11-23(20)24-12-9-14-25(21(24)2)36-31(41)33-38-26-13-6-7-15-29(26)44-33;1-9-11(5-3-7-13(9)15)12-6-4-8-14(16)10(12)2;1-12(2,3)18-11(17)14-5-4-7-8(6-14)19-9(13-7)10(15)16;;/h8-12,14H,6-7,13,15-19H2,1-5H3,(H,36,41);3-8H,15-16H2,1-2H3;4-6H2,1-3H3,(H,15,16);2*1H4. The first-order chi connectivity index (χ1) is 37.8. The van der Waals surface area contributed by atoms with Crippen LogP contribution in [0.1, 0.15) is 158 Å². The number of anilines is 3. The number of carboxylic acid groups (broad SMARTS) is 1. The van der Waals surface area contributed by atoms with Gasteiger partial charge in [0.05, 0.1) is 30.2 Å². The summed E-state index contributed by atoms with van der Waals surface area (Å²) >= 11 is 4.00. The van der Waals surface area contributed by atoms with Gasteiger partial charge in [-0.1, -0.05) is 69.5 Å². The highest BCUT2D eigenvalue weighted by atomic mass is 32.1. The van der Waals surface area contributed by atoms with Crippen LogP contribution in [-0.2, 0) is 54.7 Å². The summed E-state index contributed by atoms with van der Waals surface area (Å²) in [6.07, 6.45) is 4.92. The van der Waals surface area contributed by atoms with Crippen LogP contribution in [0.25, 0.3) is 22.3 Å². The van der Waals surface area contributed by atoms with Gasteiger partial charge in [0.1, 0.15) is 11.2 Å². The van der Waals surface area contributed by atoms with Crippen LogP contribution in [0.5, 0.6) is 0 Å². The zero-order valence-corrected chi connectivity index (χ0v) is 49.6. The average Bonchev–Trinajstić information content (AvgIpc) is 4.33. The van der Waals surface area contributed by atoms with E-state index in [0.29, 0.717) is 49.0 Å². The number of carbonyl (C=O) groups is 5. The number of nitrogens with zero attached hydrogens (tertiary/aromatic N) is 5. The van der Waals surface area contributed by atoms with Crippen molar-refractivity contribution in [2.75, 3.05) is 29.9 Å². The van der Waals surface area contributed by atoms with Crippen LogP contribution in [0.15, 0.2) is 72.8 Å². The number of amides is 3. The highest BCUT2D eigenvalue weighted by Crippen LogP contribution is 2.36. The average molecular weight is 1170 g/mol. The number of nitrogen functional groups attached to an aromatic ring is 2. The van der Waals surface area contributed by atoms with E-state index in [4.69, 9.17) is 26.0 Å². The van der Waals surface area contributed by atoms with E-state index in [1.54, 1.807) is 9.80 Å². The molecule has 10 rings (SSSR count). The van der Waals surface area contributed by atoms with Gasteiger partial charge in [-0.15, -0.1) is 34.0 Å². The van der Waals surface area contributed by atoms with E-state index in [-0.39, 0.29) is 50.2 Å². The number of nitrogens with two attached hydrogens (primary N) is 2. The fraction of sp³-hybridized carbons (Fsp3) is 0.397. The molecule has 3 aliphatic rings. The molecule has 7 aromatic rings. The first-order valence-electron chi connectivity index (χ1n) is 26.7. The van der Waals surface area contributed by atoms with Gasteiger partial charge >= 0.3 is 18.2 Å². The number of benzene rings is 4. The van der Waals surface area contributed by atoms with Crippen molar-refractivity contribution >= 4 is 80.9 Å². The summed E-state index contributed by atoms with van der Waals surface area (Å²) in [4.78, 5) is 81.6. The van der Waals surface area contributed by atoms with E-state index in [9.17, 15) is 24.0 Å². The number of nitrogens with one attached hydrogen (secondary N) is 1. The molecule has 5 heterocycles. The number of aromatic carboxylic acids is 1. The number of aryl methyl sites for hydroxylation is 2. The number of aromatic nitrogens is 3. The number of fused-ring (bicyclic) bond motifs is 3. The molecule has 2 aliphatic heterocycles. The fourth-order valence-electron chi connectivity index (χ4n) is 9.56. The lowest BCUT2D eigenvalue weighted by atomic mass is 9.91. The van der Waals surface area contributed by atoms with Gasteiger partial charge in [0, 0.05) is 64.0 Å². The lowest BCUT2D eigenvalue weighted by Gasteiger charge is -2.29. The van der Waals surface area contributed by atoms with E-state index in [1.807, 2.05) is 124 Å². The molecule has 0 saturated carbocycles. The number of Topliss-reactive ketones (excluding diaryl/α,β-unsaturated/α-hetero) is 1. The van der Waals surface area contributed by atoms with Crippen LogP contribution in [0, 0.1) is 27.7 Å². The summed E-state index contributed by atoms with van der Waals surface area (Å²) in [7, 11) is 0. The zero-order chi connectivity index (χ0) is 57.8. The third kappa shape index (κ3) is 15.3. The summed E-state index contributed by atoms with van der Waals surface area (Å²) in [5, 5.41) is 13.1. The molecule has 3 aromatic heterocycles. The molecule has 0 atom stereocenters. The molecule has 82 heavy (non-hydrogen) atoms. The number of carboxylic acids is 1. The number of hydrogen-bond donors (Lipinski definition) is 4. The van der Waals surface area contributed by atoms with Gasteiger partial charge in [-0.3, -0.25) is 9.59 Å². The van der Waals surface area contributed by atoms with Crippen molar-refractivity contribution in [3.8, 4) is 22.3 Å². The van der Waals surface area contributed by atoms with Crippen molar-refractivity contribution in [2.45, 2.75) is 153 Å². The third-order valence-corrected chi connectivity index (χ3v) is 17.3. The van der Waals surface area contributed by atoms with Gasteiger partial charge in [-0.2, -0.15) is 0 Å². The second-order valence-electron chi connectivity index (χ2n) is 22.1.